The summed E-state index contributed by atoms with van der Waals surface area (Å²) >= 11 is 0. The molecule has 0 bridgehead atoms. The van der Waals surface area contributed by atoms with Crippen LogP contribution in [-0.4, -0.2) is 9.03 Å². The molecule has 3 heterocycles. The van der Waals surface area contributed by atoms with E-state index in [1.165, 1.54) is 26.8 Å². The minimum atomic E-state index is -0.565. The lowest BCUT2D eigenvalue weighted by Crippen LogP contribution is -2.32. The summed E-state index contributed by atoms with van der Waals surface area (Å²) in [4.78, 5) is 26.9. The Kier molecular flexibility index (Phi) is 4.35. The molecule has 1 aliphatic heterocycles. The van der Waals surface area contributed by atoms with E-state index >= 15 is 0 Å². The van der Waals surface area contributed by atoms with Gasteiger partial charge in [0.25, 0.3) is 11.1 Å². The van der Waals surface area contributed by atoms with Crippen molar-refractivity contribution in [3.8, 4) is 33.8 Å². The third-order valence-corrected chi connectivity index (χ3v) is 9.59. The van der Waals surface area contributed by atoms with Gasteiger partial charge in [0, 0.05) is 16.7 Å². The lowest BCUT2D eigenvalue weighted by atomic mass is 9.65. The predicted molar refractivity (Wildman–Crippen MR) is 172 cm³/mol. The smallest absolute Gasteiger partial charge is 0.282 e. The van der Waals surface area contributed by atoms with Crippen LogP contribution < -0.4 is 15.9 Å². The van der Waals surface area contributed by atoms with Gasteiger partial charge in [0.2, 0.25) is 0 Å². The summed E-state index contributed by atoms with van der Waals surface area (Å²) in [5.74, 6) is 1.58. The van der Waals surface area contributed by atoms with Gasteiger partial charge in [0.05, 0.1) is 27.2 Å². The highest BCUT2D eigenvalue weighted by Crippen LogP contribution is 2.63. The second-order valence-corrected chi connectivity index (χ2v) is 11.6. The van der Waals surface area contributed by atoms with Gasteiger partial charge < -0.3 is 4.74 Å². The largest absolute Gasteiger partial charge is 0.456 e. The van der Waals surface area contributed by atoms with E-state index < -0.39 is 5.41 Å². The molecule has 0 saturated carbocycles. The summed E-state index contributed by atoms with van der Waals surface area (Å²) in [6, 6.07) is 45.1. The maximum absolute atomic E-state index is 13.7. The molecule has 5 nitrogen and oxygen atoms in total. The number of fused-ring (bicyclic) bond motifs is 14. The summed E-state index contributed by atoms with van der Waals surface area (Å²) in [7, 11) is 0. The molecule has 1 aliphatic carbocycles. The van der Waals surface area contributed by atoms with Gasteiger partial charge in [0.1, 0.15) is 11.5 Å². The van der Waals surface area contributed by atoms with Gasteiger partial charge in [-0.25, -0.2) is 4.52 Å². The molecule has 0 N–H and O–H groups in total. The van der Waals surface area contributed by atoms with Crippen LogP contribution >= 0.6 is 0 Å². The molecule has 10 rings (SSSR count). The van der Waals surface area contributed by atoms with Crippen LogP contribution in [-0.2, 0) is 5.41 Å². The number of para-hydroxylation sites is 3. The topological polar surface area (TPSA) is 52.2 Å². The Labute approximate surface area is 250 Å². The molecular weight excluding hydrogens is 544 g/mol. The third-order valence-electron chi connectivity index (χ3n) is 9.59. The van der Waals surface area contributed by atoms with Crippen molar-refractivity contribution in [1.82, 2.24) is 9.03 Å². The highest BCUT2D eigenvalue weighted by atomic mass is 16.5. The first-order chi connectivity index (χ1) is 21.7. The Hall–Kier alpha value is -5.94. The zero-order valence-electron chi connectivity index (χ0n) is 23.3. The second kappa shape index (κ2) is 8.12. The number of nitrogens with zero attached hydrogens (tertiary/aromatic N) is 2. The van der Waals surface area contributed by atoms with E-state index in [1.807, 2.05) is 48.5 Å². The number of rotatable bonds is 1. The first kappa shape index (κ1) is 23.6. The molecule has 5 heteroatoms. The maximum Gasteiger partial charge on any atom is 0.282 e. The van der Waals surface area contributed by atoms with Crippen LogP contribution in [0, 0.1) is 0 Å². The van der Waals surface area contributed by atoms with Gasteiger partial charge in [-0.3, -0.25) is 9.59 Å². The van der Waals surface area contributed by atoms with Gasteiger partial charge >= 0.3 is 0 Å². The zero-order chi connectivity index (χ0) is 29.2. The van der Waals surface area contributed by atoms with E-state index in [2.05, 4.69) is 78.9 Å². The van der Waals surface area contributed by atoms with E-state index in [1.54, 1.807) is 10.6 Å². The molecule has 2 aliphatic rings. The van der Waals surface area contributed by atoms with Crippen LogP contribution in [0.1, 0.15) is 22.3 Å². The fraction of sp³-hybridized carbons (Fsp3) is 0.0256. The zero-order valence-corrected chi connectivity index (χ0v) is 23.3. The molecule has 0 unspecified atom stereocenters. The maximum atomic E-state index is 13.7. The number of hydrogen-bond acceptors (Lipinski definition) is 3. The van der Waals surface area contributed by atoms with Crippen molar-refractivity contribution in [3.05, 3.63) is 176 Å². The summed E-state index contributed by atoms with van der Waals surface area (Å²) < 4.78 is 9.78. The normalized spacial score (nSPS) is 14.0. The molecule has 206 valence electrons. The standard InChI is InChI=1S/C39H22N2O3/c42-37-27-12-3-7-18-33(27)40-34-21-20-23(22-28(34)38(43)41(37)40)24-13-9-17-32-36(24)44-35-19-8-6-16-31(35)39(32)29-14-4-1-10-25(29)26-11-2-5-15-30(26)39/h1-22H. The van der Waals surface area contributed by atoms with E-state index in [4.69, 9.17) is 4.74 Å². The monoisotopic (exact) mass is 566 g/mol. The number of benzene rings is 6. The van der Waals surface area contributed by atoms with Gasteiger partial charge in [-0.15, -0.1) is 0 Å². The van der Waals surface area contributed by atoms with Crippen LogP contribution in [0.3, 0.4) is 0 Å². The van der Waals surface area contributed by atoms with Crippen molar-refractivity contribution < 1.29 is 4.74 Å². The first-order valence-corrected chi connectivity index (χ1v) is 14.7. The molecule has 6 aromatic carbocycles. The van der Waals surface area contributed by atoms with Gasteiger partial charge in [-0.05, 0) is 58.1 Å². The number of aromatic nitrogens is 2. The molecule has 8 aromatic rings. The van der Waals surface area contributed by atoms with Crippen LogP contribution in [0.25, 0.3) is 44.1 Å². The fourth-order valence-electron chi connectivity index (χ4n) is 7.85. The van der Waals surface area contributed by atoms with E-state index in [9.17, 15) is 9.59 Å². The highest BCUT2D eigenvalue weighted by molar-refractivity contribution is 5.93. The first-order valence-electron chi connectivity index (χ1n) is 14.7. The van der Waals surface area contributed by atoms with Crippen molar-refractivity contribution in [2.45, 2.75) is 5.41 Å². The molecule has 0 amide bonds. The summed E-state index contributed by atoms with van der Waals surface area (Å²) in [6.45, 7) is 0. The predicted octanol–water partition coefficient (Wildman–Crippen LogP) is 7.64. The summed E-state index contributed by atoms with van der Waals surface area (Å²) in [6.07, 6.45) is 0. The van der Waals surface area contributed by atoms with Crippen molar-refractivity contribution in [1.29, 1.82) is 0 Å². The van der Waals surface area contributed by atoms with Crippen LogP contribution in [0.4, 0.5) is 0 Å². The third kappa shape index (κ3) is 2.66. The minimum Gasteiger partial charge on any atom is -0.456 e. The lowest BCUT2D eigenvalue weighted by Gasteiger charge is -2.40. The van der Waals surface area contributed by atoms with Crippen molar-refractivity contribution in [2.75, 3.05) is 0 Å². The molecule has 0 atom stereocenters. The van der Waals surface area contributed by atoms with Crippen LogP contribution in [0.15, 0.2) is 143 Å². The van der Waals surface area contributed by atoms with Gasteiger partial charge in [-0.1, -0.05) is 103 Å². The highest BCUT2D eigenvalue weighted by Gasteiger charge is 2.51. The average molecular weight is 567 g/mol. The molecular formula is C39H22N2O3. The molecule has 44 heavy (non-hydrogen) atoms. The molecule has 0 fully saturated rings. The Morgan fingerprint density at radius 1 is 0.477 bits per heavy atom. The van der Waals surface area contributed by atoms with Crippen LogP contribution in [0.5, 0.6) is 11.5 Å². The lowest BCUT2D eigenvalue weighted by molar-refractivity contribution is 0.438. The Morgan fingerprint density at radius 3 is 1.86 bits per heavy atom. The quantitative estimate of drug-likeness (QED) is 0.205. The summed E-state index contributed by atoms with van der Waals surface area (Å²) in [5, 5.41) is 1.02. The van der Waals surface area contributed by atoms with Crippen LogP contribution in [0.2, 0.25) is 0 Å². The van der Waals surface area contributed by atoms with Gasteiger partial charge in [0.15, 0.2) is 0 Å². The summed E-state index contributed by atoms with van der Waals surface area (Å²) in [5.41, 5.74) is 9.03. The molecule has 1 spiro atoms. The molecule has 2 aromatic heterocycles. The molecule has 0 radical (unpaired) electrons. The van der Waals surface area contributed by atoms with E-state index in [-0.39, 0.29) is 11.1 Å². The number of ether oxygens (including phenoxy) is 1. The Bertz CT molecular complexity index is 2600. The van der Waals surface area contributed by atoms with Crippen molar-refractivity contribution in [3.63, 3.8) is 0 Å². The molecule has 0 saturated heterocycles. The average Bonchev–Trinajstić information content (AvgIpc) is 3.66. The van der Waals surface area contributed by atoms with Crippen molar-refractivity contribution >= 4 is 21.8 Å². The minimum absolute atomic E-state index is 0.305. The number of hydrogen-bond donors (Lipinski definition) is 0. The van der Waals surface area contributed by atoms with E-state index in [0.29, 0.717) is 16.3 Å². The van der Waals surface area contributed by atoms with Crippen molar-refractivity contribution in [2.24, 2.45) is 0 Å². The Balaban J connectivity index is 1.28. The SMILES string of the molecule is O=c1c2ccccc2n2c3ccc(-c4cccc5c4Oc4ccccc4C54c5ccccc5-c5ccccc54)cc3c(=O)n12. The van der Waals surface area contributed by atoms with E-state index in [0.717, 1.165) is 39.3 Å². The second-order valence-electron chi connectivity index (χ2n) is 11.6. The fourth-order valence-corrected chi connectivity index (χ4v) is 7.85. The Morgan fingerprint density at radius 2 is 1.07 bits per heavy atom. The van der Waals surface area contributed by atoms with Gasteiger partial charge in [-0.2, -0.15) is 4.52 Å².